The fourth-order valence-electron chi connectivity index (χ4n) is 1.18. The quantitative estimate of drug-likeness (QED) is 0.665. The van der Waals surface area contributed by atoms with Gasteiger partial charge in [-0.15, -0.1) is 0 Å². The van der Waals surface area contributed by atoms with Crippen molar-refractivity contribution in [3.8, 4) is 0 Å². The monoisotopic (exact) mass is 244 g/mol. The second-order valence-electron chi connectivity index (χ2n) is 2.83. The molecule has 0 aliphatic heterocycles. The van der Waals surface area contributed by atoms with Gasteiger partial charge in [-0.05, 0) is 59.0 Å². The number of benzene rings is 1. The summed E-state index contributed by atoms with van der Waals surface area (Å²) < 4.78 is 1.36. The summed E-state index contributed by atoms with van der Waals surface area (Å²) in [6.07, 6.45) is 2.81. The molecule has 0 nitrogen and oxygen atoms in total. The number of halogens is 1. The zero-order chi connectivity index (χ0) is 6.97. The van der Waals surface area contributed by atoms with E-state index in [2.05, 4.69) is 46.9 Å². The van der Waals surface area contributed by atoms with Gasteiger partial charge in [-0.1, -0.05) is 12.1 Å². The van der Waals surface area contributed by atoms with E-state index >= 15 is 0 Å². The summed E-state index contributed by atoms with van der Waals surface area (Å²) in [5.41, 5.74) is 1.53. The number of hydrogen-bond acceptors (Lipinski definition) is 0. The van der Waals surface area contributed by atoms with E-state index in [0.29, 0.717) is 0 Å². The third kappa shape index (κ3) is 1.34. The Hall–Kier alpha value is -0.0500. The molecule has 0 amide bonds. The van der Waals surface area contributed by atoms with Crippen LogP contribution in [-0.2, 0) is 0 Å². The van der Waals surface area contributed by atoms with Gasteiger partial charge in [0.2, 0.25) is 0 Å². The molecule has 0 spiro atoms. The third-order valence-electron chi connectivity index (χ3n) is 1.90. The molecule has 0 heterocycles. The Kier molecular flexibility index (Phi) is 1.68. The molecule has 0 unspecified atom stereocenters. The fourth-order valence-corrected chi connectivity index (χ4v) is 1.74. The van der Waals surface area contributed by atoms with Crippen LogP contribution < -0.4 is 0 Å². The Labute approximate surface area is 74.8 Å². The summed E-state index contributed by atoms with van der Waals surface area (Å²) in [5, 5.41) is 0. The smallest absolute Gasteiger partial charge is 0.0133 e. The Bertz CT molecular complexity index is 238. The molecule has 1 heteroatoms. The first-order valence-corrected chi connectivity index (χ1v) is 4.69. The average molecular weight is 244 g/mol. The summed E-state index contributed by atoms with van der Waals surface area (Å²) >= 11 is 2.37. The standard InChI is InChI=1S/C9H9I/c10-9-3-1-2-8(6-9)7-4-5-7/h1-3,6-7H,4-5H2. The van der Waals surface area contributed by atoms with E-state index < -0.39 is 0 Å². The van der Waals surface area contributed by atoms with Gasteiger partial charge >= 0.3 is 0 Å². The molecule has 2 rings (SSSR count). The van der Waals surface area contributed by atoms with Crippen LogP contribution in [0.25, 0.3) is 0 Å². The summed E-state index contributed by atoms with van der Waals surface area (Å²) in [5.74, 6) is 0.898. The molecule has 52 valence electrons. The summed E-state index contributed by atoms with van der Waals surface area (Å²) in [4.78, 5) is 0. The first-order chi connectivity index (χ1) is 4.86. The van der Waals surface area contributed by atoms with Crippen LogP contribution in [0, 0.1) is 3.57 Å². The molecule has 1 fully saturated rings. The van der Waals surface area contributed by atoms with Gasteiger partial charge in [0.1, 0.15) is 0 Å². The fraction of sp³-hybridized carbons (Fsp3) is 0.333. The predicted molar refractivity (Wildman–Crippen MR) is 51.1 cm³/mol. The highest BCUT2D eigenvalue weighted by Crippen LogP contribution is 2.40. The van der Waals surface area contributed by atoms with Gasteiger partial charge in [0.25, 0.3) is 0 Å². The molecule has 1 aliphatic rings. The highest BCUT2D eigenvalue weighted by molar-refractivity contribution is 14.1. The largest absolute Gasteiger partial charge is 0.0609 e. The van der Waals surface area contributed by atoms with Crippen LogP contribution in [0.15, 0.2) is 24.3 Å². The maximum atomic E-state index is 2.37. The maximum Gasteiger partial charge on any atom is 0.0133 e. The highest BCUT2D eigenvalue weighted by Gasteiger charge is 2.22. The highest BCUT2D eigenvalue weighted by atomic mass is 127. The van der Waals surface area contributed by atoms with Crippen LogP contribution in [0.1, 0.15) is 24.3 Å². The van der Waals surface area contributed by atoms with Crippen LogP contribution >= 0.6 is 22.6 Å². The molecular formula is C9H9I. The minimum Gasteiger partial charge on any atom is -0.0609 e. The van der Waals surface area contributed by atoms with Gasteiger partial charge < -0.3 is 0 Å². The molecule has 1 aliphatic carbocycles. The molecule has 0 N–H and O–H groups in total. The molecule has 1 saturated carbocycles. The normalized spacial score (nSPS) is 17.3. The molecule has 0 aromatic heterocycles. The topological polar surface area (TPSA) is 0 Å². The lowest BCUT2D eigenvalue weighted by Gasteiger charge is -1.96. The van der Waals surface area contributed by atoms with E-state index in [-0.39, 0.29) is 0 Å². The van der Waals surface area contributed by atoms with Crippen LogP contribution in [0.2, 0.25) is 0 Å². The van der Waals surface area contributed by atoms with Crippen molar-refractivity contribution >= 4 is 22.6 Å². The molecular weight excluding hydrogens is 235 g/mol. The SMILES string of the molecule is Ic1cccc(C2CC2)c1. The summed E-state index contributed by atoms with van der Waals surface area (Å²) in [6, 6.07) is 8.82. The van der Waals surface area contributed by atoms with Crippen molar-refractivity contribution in [2.75, 3.05) is 0 Å². The van der Waals surface area contributed by atoms with Crippen LogP contribution in [-0.4, -0.2) is 0 Å². The van der Waals surface area contributed by atoms with E-state index in [1.807, 2.05) is 0 Å². The Morgan fingerprint density at radius 1 is 1.30 bits per heavy atom. The lowest BCUT2D eigenvalue weighted by Crippen LogP contribution is -1.78. The van der Waals surface area contributed by atoms with Crippen LogP contribution in [0.5, 0.6) is 0 Å². The van der Waals surface area contributed by atoms with Crippen molar-refractivity contribution in [3.63, 3.8) is 0 Å². The molecule has 1 aromatic carbocycles. The number of hydrogen-bond donors (Lipinski definition) is 0. The van der Waals surface area contributed by atoms with Gasteiger partial charge in [0.05, 0.1) is 0 Å². The van der Waals surface area contributed by atoms with Crippen molar-refractivity contribution in [3.05, 3.63) is 33.4 Å². The summed E-state index contributed by atoms with van der Waals surface area (Å²) in [7, 11) is 0. The Morgan fingerprint density at radius 3 is 2.70 bits per heavy atom. The van der Waals surface area contributed by atoms with E-state index in [1.54, 1.807) is 0 Å². The van der Waals surface area contributed by atoms with Gasteiger partial charge in [-0.25, -0.2) is 0 Å². The zero-order valence-electron chi connectivity index (χ0n) is 5.68. The minimum atomic E-state index is 0.898. The predicted octanol–water partition coefficient (Wildman–Crippen LogP) is 3.17. The Balaban J connectivity index is 2.32. The van der Waals surface area contributed by atoms with Crippen molar-refractivity contribution in [1.29, 1.82) is 0 Å². The zero-order valence-corrected chi connectivity index (χ0v) is 7.84. The average Bonchev–Trinajstić information content (AvgIpc) is 2.68. The van der Waals surface area contributed by atoms with Crippen molar-refractivity contribution < 1.29 is 0 Å². The van der Waals surface area contributed by atoms with Gasteiger partial charge in [-0.3, -0.25) is 0 Å². The van der Waals surface area contributed by atoms with E-state index in [0.717, 1.165) is 5.92 Å². The molecule has 0 bridgehead atoms. The molecule has 0 radical (unpaired) electrons. The van der Waals surface area contributed by atoms with Crippen molar-refractivity contribution in [1.82, 2.24) is 0 Å². The van der Waals surface area contributed by atoms with Crippen molar-refractivity contribution in [2.45, 2.75) is 18.8 Å². The summed E-state index contributed by atoms with van der Waals surface area (Å²) in [6.45, 7) is 0. The first-order valence-electron chi connectivity index (χ1n) is 3.62. The molecule has 0 atom stereocenters. The minimum absolute atomic E-state index is 0.898. The second kappa shape index (κ2) is 2.53. The molecule has 0 saturated heterocycles. The lowest BCUT2D eigenvalue weighted by atomic mass is 10.1. The Morgan fingerprint density at radius 2 is 2.10 bits per heavy atom. The second-order valence-corrected chi connectivity index (χ2v) is 4.07. The van der Waals surface area contributed by atoms with Crippen LogP contribution in [0.3, 0.4) is 0 Å². The molecule has 1 aromatic rings. The van der Waals surface area contributed by atoms with E-state index in [9.17, 15) is 0 Å². The maximum absolute atomic E-state index is 2.37. The lowest BCUT2D eigenvalue weighted by molar-refractivity contribution is 1.13. The number of rotatable bonds is 1. The van der Waals surface area contributed by atoms with Gasteiger partial charge in [0.15, 0.2) is 0 Å². The van der Waals surface area contributed by atoms with Gasteiger partial charge in [0, 0.05) is 3.57 Å². The van der Waals surface area contributed by atoms with E-state index in [4.69, 9.17) is 0 Å². The first kappa shape index (κ1) is 6.65. The molecule has 10 heavy (non-hydrogen) atoms. The van der Waals surface area contributed by atoms with E-state index in [1.165, 1.54) is 22.0 Å². The van der Waals surface area contributed by atoms with Crippen LogP contribution in [0.4, 0.5) is 0 Å². The van der Waals surface area contributed by atoms with Gasteiger partial charge in [-0.2, -0.15) is 0 Å². The van der Waals surface area contributed by atoms with Crippen molar-refractivity contribution in [2.24, 2.45) is 0 Å². The third-order valence-corrected chi connectivity index (χ3v) is 2.57.